The number of nitrogens with zero attached hydrogens (tertiary/aromatic N) is 1. The zero-order valence-electron chi connectivity index (χ0n) is 16.2. The third-order valence-corrected chi connectivity index (χ3v) is 5.44. The fourth-order valence-corrected chi connectivity index (χ4v) is 3.71. The molecule has 1 fully saturated rings. The molecule has 1 unspecified atom stereocenters. The Labute approximate surface area is 188 Å². The fourth-order valence-electron chi connectivity index (χ4n) is 2.77. The van der Waals surface area contributed by atoms with Gasteiger partial charge in [0.25, 0.3) is 5.91 Å². The van der Waals surface area contributed by atoms with Gasteiger partial charge in [0.05, 0.1) is 22.5 Å². The second kappa shape index (κ2) is 9.04. The monoisotopic (exact) mass is 526 g/mol. The molecule has 1 atom stereocenters. The molecule has 0 aliphatic carbocycles. The third-order valence-electron chi connectivity index (χ3n) is 4.40. The van der Waals surface area contributed by atoms with E-state index in [9.17, 15) is 9.59 Å². The molecule has 0 spiro atoms. The highest BCUT2D eigenvalue weighted by atomic mass is 127. The minimum absolute atomic E-state index is 0.0450. The molecule has 8 heteroatoms. The van der Waals surface area contributed by atoms with Gasteiger partial charge in [0.1, 0.15) is 5.70 Å². The smallest absolute Gasteiger partial charge is 0.333 e. The van der Waals surface area contributed by atoms with Crippen LogP contribution >= 0.6 is 34.2 Å². The Bertz CT molecular complexity index is 993. The third kappa shape index (κ3) is 4.67. The van der Waals surface area contributed by atoms with E-state index in [4.69, 9.17) is 21.1 Å². The maximum atomic E-state index is 12.8. The molecule has 29 heavy (non-hydrogen) atoms. The van der Waals surface area contributed by atoms with E-state index in [0.717, 1.165) is 14.9 Å². The van der Waals surface area contributed by atoms with E-state index in [1.54, 1.807) is 43.5 Å². The number of halogens is 2. The van der Waals surface area contributed by atoms with Crippen LogP contribution in [0.2, 0.25) is 5.02 Å². The summed E-state index contributed by atoms with van der Waals surface area (Å²) >= 11 is 8.15. The average Bonchev–Trinajstić information content (AvgIpc) is 2.96. The molecule has 6 nitrogen and oxygen atoms in total. The van der Waals surface area contributed by atoms with E-state index < -0.39 is 11.9 Å². The molecule has 1 heterocycles. The first-order valence-corrected chi connectivity index (χ1v) is 10.5. The number of carbonyl (C=O) groups is 2. The molecule has 152 valence electrons. The summed E-state index contributed by atoms with van der Waals surface area (Å²) in [4.78, 5) is 26.2. The maximum absolute atomic E-state index is 12.8. The standard InChI is InChI=1S/C21H20ClIN2O4/c1-4-12(2)29-19-16(23)8-13(10-18(19)28-3)9-17-20(26)25(21(27)24-17)15-7-5-6-14(22)11-15/h5-12H,4H2,1-3H3,(H,24,27). The average molecular weight is 527 g/mol. The van der Waals surface area contributed by atoms with Crippen LogP contribution in [0.4, 0.5) is 10.5 Å². The van der Waals surface area contributed by atoms with Crippen LogP contribution in [0.15, 0.2) is 42.1 Å². The molecular weight excluding hydrogens is 507 g/mol. The normalized spacial score (nSPS) is 16.2. The summed E-state index contributed by atoms with van der Waals surface area (Å²) < 4.78 is 12.3. The summed E-state index contributed by atoms with van der Waals surface area (Å²) in [5.74, 6) is 0.769. The number of imide groups is 1. The van der Waals surface area contributed by atoms with Crippen molar-refractivity contribution in [3.05, 3.63) is 56.3 Å². The van der Waals surface area contributed by atoms with Crippen molar-refractivity contribution in [2.24, 2.45) is 0 Å². The molecule has 1 aliphatic rings. The highest BCUT2D eigenvalue weighted by Gasteiger charge is 2.35. The van der Waals surface area contributed by atoms with Gasteiger partial charge in [0, 0.05) is 5.02 Å². The first-order valence-electron chi connectivity index (χ1n) is 9.01. The molecule has 2 aromatic rings. The minimum Gasteiger partial charge on any atom is -0.493 e. The summed E-state index contributed by atoms with van der Waals surface area (Å²) in [6, 6.07) is 9.69. The summed E-state index contributed by atoms with van der Waals surface area (Å²) in [6.07, 6.45) is 2.52. The largest absolute Gasteiger partial charge is 0.493 e. The van der Waals surface area contributed by atoms with Crippen LogP contribution in [0.1, 0.15) is 25.8 Å². The van der Waals surface area contributed by atoms with Crippen molar-refractivity contribution in [3.63, 3.8) is 0 Å². The van der Waals surface area contributed by atoms with Gasteiger partial charge in [0.15, 0.2) is 11.5 Å². The molecule has 0 saturated carbocycles. The summed E-state index contributed by atoms with van der Waals surface area (Å²) in [5, 5.41) is 3.06. The lowest BCUT2D eigenvalue weighted by Crippen LogP contribution is -2.30. The van der Waals surface area contributed by atoms with Crippen LogP contribution in [-0.2, 0) is 4.79 Å². The Kier molecular flexibility index (Phi) is 6.69. The van der Waals surface area contributed by atoms with E-state index in [0.29, 0.717) is 27.8 Å². The van der Waals surface area contributed by atoms with Gasteiger partial charge in [-0.1, -0.05) is 24.6 Å². The van der Waals surface area contributed by atoms with E-state index in [-0.39, 0.29) is 11.8 Å². The molecule has 2 aromatic carbocycles. The zero-order chi connectivity index (χ0) is 21.1. The number of benzene rings is 2. The second-order valence-corrected chi connectivity index (χ2v) is 8.08. The number of carbonyl (C=O) groups excluding carboxylic acids is 2. The Balaban J connectivity index is 1.93. The van der Waals surface area contributed by atoms with Crippen molar-refractivity contribution in [1.29, 1.82) is 0 Å². The summed E-state index contributed by atoms with van der Waals surface area (Å²) in [6.45, 7) is 4.03. The first-order chi connectivity index (χ1) is 13.8. The fraction of sp³-hybridized carbons (Fsp3) is 0.238. The van der Waals surface area contributed by atoms with Crippen molar-refractivity contribution in [2.75, 3.05) is 12.0 Å². The number of amides is 3. The Morgan fingerprint density at radius 1 is 1.28 bits per heavy atom. The molecule has 0 aromatic heterocycles. The zero-order valence-corrected chi connectivity index (χ0v) is 19.1. The molecular formula is C21H20ClIN2O4. The predicted molar refractivity (Wildman–Crippen MR) is 122 cm³/mol. The lowest BCUT2D eigenvalue weighted by Gasteiger charge is -2.17. The number of hydrogen-bond donors (Lipinski definition) is 1. The highest BCUT2D eigenvalue weighted by Crippen LogP contribution is 2.36. The number of rotatable bonds is 6. The second-order valence-electron chi connectivity index (χ2n) is 6.48. The van der Waals surface area contributed by atoms with Crippen molar-refractivity contribution < 1.29 is 19.1 Å². The molecule has 1 aliphatic heterocycles. The summed E-state index contributed by atoms with van der Waals surface area (Å²) in [5.41, 5.74) is 1.29. The molecule has 3 amide bonds. The SMILES string of the molecule is CCC(C)Oc1c(I)cc(C=C2NC(=O)N(c3cccc(Cl)c3)C2=O)cc1OC. The van der Waals surface area contributed by atoms with Gasteiger partial charge < -0.3 is 14.8 Å². The van der Waals surface area contributed by atoms with Gasteiger partial charge in [-0.2, -0.15) is 0 Å². The molecule has 0 bridgehead atoms. The highest BCUT2D eigenvalue weighted by molar-refractivity contribution is 14.1. The summed E-state index contributed by atoms with van der Waals surface area (Å²) in [7, 11) is 1.56. The first kappa shape index (κ1) is 21.4. The van der Waals surface area contributed by atoms with Crippen LogP contribution in [-0.4, -0.2) is 25.2 Å². The molecule has 0 radical (unpaired) electrons. The quantitative estimate of drug-likeness (QED) is 0.318. The van der Waals surface area contributed by atoms with E-state index in [1.807, 2.05) is 19.9 Å². The van der Waals surface area contributed by atoms with Crippen molar-refractivity contribution in [2.45, 2.75) is 26.4 Å². The predicted octanol–water partition coefficient (Wildman–Crippen LogP) is 5.23. The lowest BCUT2D eigenvalue weighted by molar-refractivity contribution is -0.113. The minimum atomic E-state index is -0.526. The van der Waals surface area contributed by atoms with Gasteiger partial charge in [-0.05, 0) is 77.9 Å². The number of nitrogens with one attached hydrogen (secondary N) is 1. The molecule has 3 rings (SSSR count). The van der Waals surface area contributed by atoms with Crippen LogP contribution in [0, 0.1) is 3.57 Å². The number of ether oxygens (including phenoxy) is 2. The Morgan fingerprint density at radius 3 is 2.69 bits per heavy atom. The van der Waals surface area contributed by atoms with Gasteiger partial charge in [-0.15, -0.1) is 0 Å². The van der Waals surface area contributed by atoms with Gasteiger partial charge in [-0.25, -0.2) is 9.69 Å². The Hall–Kier alpha value is -2.26. The van der Waals surface area contributed by atoms with E-state index in [2.05, 4.69) is 27.9 Å². The maximum Gasteiger partial charge on any atom is 0.333 e. The number of methoxy groups -OCH3 is 1. The lowest BCUT2D eigenvalue weighted by atomic mass is 10.1. The number of hydrogen-bond acceptors (Lipinski definition) is 4. The van der Waals surface area contributed by atoms with Crippen LogP contribution in [0.25, 0.3) is 6.08 Å². The van der Waals surface area contributed by atoms with Crippen molar-refractivity contribution in [1.82, 2.24) is 5.32 Å². The topological polar surface area (TPSA) is 67.9 Å². The number of urea groups is 1. The van der Waals surface area contributed by atoms with Gasteiger partial charge >= 0.3 is 6.03 Å². The van der Waals surface area contributed by atoms with Crippen LogP contribution in [0.3, 0.4) is 0 Å². The van der Waals surface area contributed by atoms with Crippen LogP contribution in [0.5, 0.6) is 11.5 Å². The van der Waals surface area contributed by atoms with Crippen molar-refractivity contribution in [3.8, 4) is 11.5 Å². The van der Waals surface area contributed by atoms with E-state index >= 15 is 0 Å². The number of anilines is 1. The van der Waals surface area contributed by atoms with E-state index in [1.165, 1.54) is 0 Å². The molecule has 1 saturated heterocycles. The Morgan fingerprint density at radius 2 is 2.03 bits per heavy atom. The van der Waals surface area contributed by atoms with Gasteiger partial charge in [0.2, 0.25) is 0 Å². The van der Waals surface area contributed by atoms with Crippen LogP contribution < -0.4 is 19.7 Å². The van der Waals surface area contributed by atoms with Crippen molar-refractivity contribution >= 4 is 57.9 Å². The van der Waals surface area contributed by atoms with Gasteiger partial charge in [-0.3, -0.25) is 4.79 Å². The molecule has 1 N–H and O–H groups in total.